The van der Waals surface area contributed by atoms with E-state index in [2.05, 4.69) is 46.6 Å². The number of likely N-dealkylation sites (tertiary alicyclic amines) is 1. The number of nitrogens with one attached hydrogen (secondary N) is 1. The Balaban J connectivity index is 1.03. The first-order valence-electron chi connectivity index (χ1n) is 13.5. The van der Waals surface area contributed by atoms with E-state index in [0.29, 0.717) is 11.5 Å². The zero-order chi connectivity index (χ0) is 22.9. The molecule has 1 amide bonds. The molecule has 3 heterocycles. The number of carbonyl (C=O) groups is 1. The van der Waals surface area contributed by atoms with Crippen molar-refractivity contribution >= 4 is 28.6 Å². The molecule has 5 aliphatic rings. The van der Waals surface area contributed by atoms with Crippen molar-refractivity contribution in [3.8, 4) is 0 Å². The summed E-state index contributed by atoms with van der Waals surface area (Å²) in [4.78, 5) is 15.2. The van der Waals surface area contributed by atoms with Crippen molar-refractivity contribution in [2.45, 2.75) is 76.8 Å². The Morgan fingerprint density at radius 1 is 1.06 bits per heavy atom. The molecule has 0 aromatic heterocycles. The van der Waals surface area contributed by atoms with Gasteiger partial charge in [0.1, 0.15) is 0 Å². The summed E-state index contributed by atoms with van der Waals surface area (Å²) in [6.07, 6.45) is 14.4. The van der Waals surface area contributed by atoms with Gasteiger partial charge in [0.2, 0.25) is 0 Å². The Bertz CT molecular complexity index is 1180. The molecule has 2 aromatic carbocycles. The molecule has 3 aliphatic heterocycles. The molecular formula is C29H36N4O. The number of benzene rings is 2. The van der Waals surface area contributed by atoms with Crippen LogP contribution in [0.3, 0.4) is 0 Å². The van der Waals surface area contributed by atoms with Gasteiger partial charge in [-0.3, -0.25) is 14.7 Å². The predicted octanol–water partition coefficient (Wildman–Crippen LogP) is 5.44. The number of carbonyl (C=O) groups excluding carboxylic acids is 1. The lowest BCUT2D eigenvalue weighted by Gasteiger charge is -2.50. The third-order valence-electron chi connectivity index (χ3n) is 9.83. The van der Waals surface area contributed by atoms with E-state index in [1.807, 2.05) is 12.1 Å². The molecule has 1 saturated heterocycles. The number of hydrogen-bond acceptors (Lipinski definition) is 4. The summed E-state index contributed by atoms with van der Waals surface area (Å²) < 4.78 is 0. The molecule has 2 aromatic rings. The third-order valence-corrected chi connectivity index (χ3v) is 9.83. The second-order valence-electron chi connectivity index (χ2n) is 12.0. The van der Waals surface area contributed by atoms with Gasteiger partial charge in [-0.05, 0) is 73.4 Å². The molecule has 1 spiro atoms. The summed E-state index contributed by atoms with van der Waals surface area (Å²) >= 11 is 0. The van der Waals surface area contributed by atoms with Crippen LogP contribution in [0.1, 0.15) is 74.2 Å². The summed E-state index contributed by atoms with van der Waals surface area (Å²) in [6.45, 7) is 5.83. The zero-order valence-corrected chi connectivity index (χ0v) is 20.4. The molecule has 5 heteroatoms. The molecule has 34 heavy (non-hydrogen) atoms. The van der Waals surface area contributed by atoms with Gasteiger partial charge in [-0.2, -0.15) is 5.10 Å². The van der Waals surface area contributed by atoms with Crippen LogP contribution in [-0.2, 0) is 6.42 Å². The maximum Gasteiger partial charge on any atom is 0.256 e. The average Bonchev–Trinajstić information content (AvgIpc) is 3.53. The van der Waals surface area contributed by atoms with Crippen LogP contribution in [0.25, 0.3) is 10.8 Å². The second kappa shape index (κ2) is 7.55. The number of piperidine rings is 1. The second-order valence-corrected chi connectivity index (χ2v) is 12.0. The normalized spacial score (nSPS) is 30.4. The minimum atomic E-state index is 0.0183. The highest BCUT2D eigenvalue weighted by Crippen LogP contribution is 2.55. The standard InChI is InChI=1S/C29H36N4O/c1-28(17-20-8-9-24-26-22(20)5-2-6-23(26)27(34)31-24)18-30-33(19-28)21-10-15-32(16-11-21)25-7-3-12-29(25)13-4-14-29/h2,5-6,8-9,18,21,25H,3-4,7,10-17,19H2,1H3,(H,31,34)/t25-,28?/m1/s1. The van der Waals surface area contributed by atoms with Crippen LogP contribution in [0.2, 0.25) is 0 Å². The van der Waals surface area contributed by atoms with Gasteiger partial charge in [-0.1, -0.05) is 38.0 Å². The summed E-state index contributed by atoms with van der Waals surface area (Å²) in [5, 5.41) is 12.7. The lowest BCUT2D eigenvalue weighted by atomic mass is 9.64. The summed E-state index contributed by atoms with van der Waals surface area (Å²) in [5.74, 6) is 0.0183. The van der Waals surface area contributed by atoms with Gasteiger partial charge in [0.05, 0.1) is 0 Å². The van der Waals surface area contributed by atoms with E-state index in [9.17, 15) is 4.79 Å². The highest BCUT2D eigenvalue weighted by atomic mass is 16.1. The fraction of sp³-hybridized carbons (Fsp3) is 0.586. The van der Waals surface area contributed by atoms with E-state index in [1.54, 1.807) is 0 Å². The Kier molecular flexibility index (Phi) is 4.65. The van der Waals surface area contributed by atoms with E-state index in [0.717, 1.165) is 35.6 Å². The number of nitrogens with zero attached hydrogens (tertiary/aromatic N) is 3. The lowest BCUT2D eigenvalue weighted by molar-refractivity contribution is -0.00292. The maximum atomic E-state index is 12.3. The smallest absolute Gasteiger partial charge is 0.256 e. The van der Waals surface area contributed by atoms with Crippen LogP contribution in [0.15, 0.2) is 35.4 Å². The van der Waals surface area contributed by atoms with Crippen molar-refractivity contribution in [2.75, 3.05) is 25.0 Å². The van der Waals surface area contributed by atoms with E-state index < -0.39 is 0 Å². The molecule has 0 radical (unpaired) electrons. The van der Waals surface area contributed by atoms with Gasteiger partial charge in [0.25, 0.3) is 5.91 Å². The number of hydrazone groups is 1. The molecular weight excluding hydrogens is 420 g/mol. The fourth-order valence-corrected chi connectivity index (χ4v) is 7.93. The van der Waals surface area contributed by atoms with Gasteiger partial charge in [0.15, 0.2) is 0 Å². The number of rotatable bonds is 4. The lowest BCUT2D eigenvalue weighted by Crippen LogP contribution is -2.53. The van der Waals surface area contributed by atoms with Gasteiger partial charge in [-0.15, -0.1) is 0 Å². The Hall–Kier alpha value is -2.40. The van der Waals surface area contributed by atoms with Crippen molar-refractivity contribution in [1.82, 2.24) is 9.91 Å². The SMILES string of the molecule is CC1(Cc2ccc3c4c(cccc24)C(=O)N3)C=NN(C2CCN([C@@H]3CCCC34CCC4)CC2)C1. The summed E-state index contributed by atoms with van der Waals surface area (Å²) in [6, 6.07) is 11.8. The molecule has 1 unspecified atom stereocenters. The largest absolute Gasteiger partial charge is 0.321 e. The van der Waals surface area contributed by atoms with Crippen LogP contribution in [0.4, 0.5) is 5.69 Å². The summed E-state index contributed by atoms with van der Waals surface area (Å²) in [5.41, 5.74) is 3.78. The van der Waals surface area contributed by atoms with Crippen LogP contribution in [-0.4, -0.2) is 53.7 Å². The summed E-state index contributed by atoms with van der Waals surface area (Å²) in [7, 11) is 0. The fourth-order valence-electron chi connectivity index (χ4n) is 7.93. The van der Waals surface area contributed by atoms with Crippen molar-refractivity contribution in [3.05, 3.63) is 41.5 Å². The highest BCUT2D eigenvalue weighted by molar-refractivity contribution is 6.24. The van der Waals surface area contributed by atoms with Gasteiger partial charge >= 0.3 is 0 Å². The quantitative estimate of drug-likeness (QED) is 0.666. The van der Waals surface area contributed by atoms with Crippen molar-refractivity contribution < 1.29 is 4.79 Å². The van der Waals surface area contributed by atoms with E-state index >= 15 is 0 Å². The number of anilines is 1. The highest BCUT2D eigenvalue weighted by Gasteiger charge is 2.50. The molecule has 2 atom stereocenters. The predicted molar refractivity (Wildman–Crippen MR) is 137 cm³/mol. The minimum absolute atomic E-state index is 0.0183. The number of hydrogen-bond donors (Lipinski definition) is 1. The Morgan fingerprint density at radius 2 is 1.88 bits per heavy atom. The molecule has 2 aliphatic carbocycles. The first-order valence-corrected chi connectivity index (χ1v) is 13.5. The van der Waals surface area contributed by atoms with Crippen LogP contribution >= 0.6 is 0 Å². The molecule has 0 bridgehead atoms. The van der Waals surface area contributed by atoms with Gasteiger partial charge in [0, 0.05) is 60.0 Å². The average molecular weight is 457 g/mol. The van der Waals surface area contributed by atoms with Crippen LogP contribution in [0, 0.1) is 10.8 Å². The third kappa shape index (κ3) is 3.16. The first kappa shape index (κ1) is 20.9. The molecule has 178 valence electrons. The van der Waals surface area contributed by atoms with Crippen molar-refractivity contribution in [3.63, 3.8) is 0 Å². The van der Waals surface area contributed by atoms with Crippen LogP contribution < -0.4 is 5.32 Å². The zero-order valence-electron chi connectivity index (χ0n) is 20.4. The Morgan fingerprint density at radius 3 is 2.68 bits per heavy atom. The monoisotopic (exact) mass is 456 g/mol. The molecule has 2 saturated carbocycles. The Labute approximate surface area is 202 Å². The number of amides is 1. The van der Waals surface area contributed by atoms with Gasteiger partial charge in [-0.25, -0.2) is 0 Å². The van der Waals surface area contributed by atoms with E-state index in [1.165, 1.54) is 75.4 Å². The maximum absolute atomic E-state index is 12.3. The molecule has 1 N–H and O–H groups in total. The topological polar surface area (TPSA) is 47.9 Å². The van der Waals surface area contributed by atoms with Crippen molar-refractivity contribution in [2.24, 2.45) is 15.9 Å². The minimum Gasteiger partial charge on any atom is -0.321 e. The molecule has 5 nitrogen and oxygen atoms in total. The van der Waals surface area contributed by atoms with Crippen LogP contribution in [0.5, 0.6) is 0 Å². The van der Waals surface area contributed by atoms with E-state index in [4.69, 9.17) is 5.10 Å². The van der Waals surface area contributed by atoms with E-state index in [-0.39, 0.29) is 11.3 Å². The first-order chi connectivity index (χ1) is 16.5. The van der Waals surface area contributed by atoms with Crippen molar-refractivity contribution in [1.29, 1.82) is 0 Å². The van der Waals surface area contributed by atoms with Gasteiger partial charge < -0.3 is 5.32 Å². The molecule has 3 fully saturated rings. The molecule has 7 rings (SSSR count).